The average molecular weight is 359 g/mol. The van der Waals surface area contributed by atoms with Gasteiger partial charge in [-0.1, -0.05) is 13.0 Å². The summed E-state index contributed by atoms with van der Waals surface area (Å²) in [4.78, 5) is 50.4. The smallest absolute Gasteiger partial charge is 0.282 e. The van der Waals surface area contributed by atoms with Gasteiger partial charge in [-0.05, 0) is 37.7 Å². The highest BCUT2D eigenvalue weighted by molar-refractivity contribution is 6.24. The maximum atomic E-state index is 12.6. The molecule has 2 aliphatic rings. The fraction of sp³-hybridized carbons (Fsp3) is 0.500. The van der Waals surface area contributed by atoms with E-state index in [1.165, 1.54) is 18.2 Å². The number of amides is 3. The van der Waals surface area contributed by atoms with Gasteiger partial charge >= 0.3 is 0 Å². The number of nitro benzene ring substituents is 1. The second-order valence-corrected chi connectivity index (χ2v) is 7.07. The van der Waals surface area contributed by atoms with E-state index in [0.29, 0.717) is 5.92 Å². The van der Waals surface area contributed by atoms with Crippen LogP contribution in [0.4, 0.5) is 5.69 Å². The maximum Gasteiger partial charge on any atom is 0.282 e. The molecule has 0 atom stereocenters. The minimum absolute atomic E-state index is 0.0221. The highest BCUT2D eigenvalue weighted by Crippen LogP contribution is 2.31. The summed E-state index contributed by atoms with van der Waals surface area (Å²) in [5, 5.41) is 11.1. The molecule has 0 unspecified atom stereocenters. The highest BCUT2D eigenvalue weighted by atomic mass is 16.6. The maximum absolute atomic E-state index is 12.6. The van der Waals surface area contributed by atoms with Crippen molar-refractivity contribution in [1.29, 1.82) is 0 Å². The Kier molecular flexibility index (Phi) is 4.76. The largest absolute Gasteiger partial charge is 0.341 e. The molecular formula is C18H21N3O5. The number of rotatable bonds is 4. The van der Waals surface area contributed by atoms with Crippen molar-refractivity contribution >= 4 is 23.4 Å². The van der Waals surface area contributed by atoms with Crippen LogP contribution < -0.4 is 0 Å². The minimum Gasteiger partial charge on any atom is -0.341 e. The molecule has 1 aromatic carbocycles. The van der Waals surface area contributed by atoms with Gasteiger partial charge in [0.2, 0.25) is 5.91 Å². The molecule has 0 N–H and O–H groups in total. The molecule has 1 fully saturated rings. The Morgan fingerprint density at radius 3 is 2.50 bits per heavy atom. The number of nitrogens with zero attached hydrogens (tertiary/aromatic N) is 3. The van der Waals surface area contributed by atoms with Crippen molar-refractivity contribution in [2.24, 2.45) is 5.92 Å². The van der Waals surface area contributed by atoms with Crippen LogP contribution in [0.3, 0.4) is 0 Å². The van der Waals surface area contributed by atoms with Gasteiger partial charge in [-0.25, -0.2) is 0 Å². The minimum atomic E-state index is -0.781. The predicted molar refractivity (Wildman–Crippen MR) is 92.7 cm³/mol. The number of fused-ring (bicyclic) bond motifs is 1. The number of benzene rings is 1. The first-order valence-corrected chi connectivity index (χ1v) is 8.70. The summed E-state index contributed by atoms with van der Waals surface area (Å²) in [6, 6.07) is 4.02. The van der Waals surface area contributed by atoms with Crippen LogP contribution in [0.1, 0.15) is 53.3 Å². The Hall–Kier alpha value is -2.77. The van der Waals surface area contributed by atoms with Gasteiger partial charge in [-0.3, -0.25) is 29.4 Å². The Morgan fingerprint density at radius 1 is 1.23 bits per heavy atom. The number of nitro groups is 1. The molecular weight excluding hydrogens is 338 g/mol. The van der Waals surface area contributed by atoms with Crippen LogP contribution >= 0.6 is 0 Å². The zero-order valence-electron chi connectivity index (χ0n) is 14.8. The Morgan fingerprint density at radius 2 is 1.88 bits per heavy atom. The van der Waals surface area contributed by atoms with Gasteiger partial charge in [-0.2, -0.15) is 0 Å². The zero-order chi connectivity index (χ0) is 19.0. The van der Waals surface area contributed by atoms with Crippen LogP contribution in [0.25, 0.3) is 0 Å². The SMILES string of the molecule is CC1CCC(N(C)C(=O)CN2C(=O)c3cccc([N+](=O)[O-])c3C2=O)CC1. The van der Waals surface area contributed by atoms with Crippen molar-refractivity contribution in [3.63, 3.8) is 0 Å². The number of carbonyl (C=O) groups excluding carboxylic acids is 3. The monoisotopic (exact) mass is 359 g/mol. The van der Waals surface area contributed by atoms with E-state index >= 15 is 0 Å². The lowest BCUT2D eigenvalue weighted by Crippen LogP contribution is -2.46. The molecule has 0 bridgehead atoms. The molecule has 1 saturated carbocycles. The number of likely N-dealkylation sites (N-methyl/N-ethyl adjacent to an activating group) is 1. The van der Waals surface area contributed by atoms with Crippen molar-refractivity contribution in [2.75, 3.05) is 13.6 Å². The lowest BCUT2D eigenvalue weighted by Gasteiger charge is -2.34. The third kappa shape index (κ3) is 3.07. The second-order valence-electron chi connectivity index (χ2n) is 7.07. The molecule has 0 spiro atoms. The lowest BCUT2D eigenvalue weighted by atomic mass is 9.87. The molecule has 8 nitrogen and oxygen atoms in total. The highest BCUT2D eigenvalue weighted by Gasteiger charge is 2.42. The van der Waals surface area contributed by atoms with E-state index in [2.05, 4.69) is 6.92 Å². The van der Waals surface area contributed by atoms with Crippen molar-refractivity contribution < 1.29 is 19.3 Å². The van der Waals surface area contributed by atoms with Crippen LogP contribution in [0.2, 0.25) is 0 Å². The predicted octanol–water partition coefficient (Wildman–Crippen LogP) is 2.23. The molecule has 1 aliphatic heterocycles. The van der Waals surface area contributed by atoms with E-state index in [0.717, 1.165) is 30.6 Å². The lowest BCUT2D eigenvalue weighted by molar-refractivity contribution is -0.385. The molecule has 1 heterocycles. The van der Waals surface area contributed by atoms with Gasteiger partial charge in [0.05, 0.1) is 10.5 Å². The standard InChI is InChI=1S/C18H21N3O5/c1-11-6-8-12(9-7-11)19(2)15(22)10-20-17(23)13-4-3-5-14(21(25)26)16(13)18(20)24/h3-5,11-12H,6-10H2,1-2H3. The Bertz CT molecular complexity index is 783. The normalized spacial score (nSPS) is 22.3. The third-order valence-electron chi connectivity index (χ3n) is 5.39. The molecule has 138 valence electrons. The fourth-order valence-corrected chi connectivity index (χ4v) is 3.69. The summed E-state index contributed by atoms with van der Waals surface area (Å²) >= 11 is 0. The van der Waals surface area contributed by atoms with E-state index in [4.69, 9.17) is 0 Å². The van der Waals surface area contributed by atoms with Crippen LogP contribution in [0, 0.1) is 16.0 Å². The molecule has 1 aromatic rings. The molecule has 3 rings (SSSR count). The van der Waals surface area contributed by atoms with Crippen LogP contribution in [-0.2, 0) is 4.79 Å². The zero-order valence-corrected chi connectivity index (χ0v) is 14.8. The summed E-state index contributed by atoms with van der Waals surface area (Å²) in [6.45, 7) is 1.79. The summed E-state index contributed by atoms with van der Waals surface area (Å²) in [5.74, 6) is -1.13. The van der Waals surface area contributed by atoms with E-state index in [9.17, 15) is 24.5 Å². The van der Waals surface area contributed by atoms with Gasteiger partial charge in [0.25, 0.3) is 17.5 Å². The van der Waals surface area contributed by atoms with Crippen LogP contribution in [0.15, 0.2) is 18.2 Å². The Labute approximate surface area is 150 Å². The Balaban J connectivity index is 1.75. The van der Waals surface area contributed by atoms with Crippen molar-refractivity contribution in [2.45, 2.75) is 38.6 Å². The van der Waals surface area contributed by atoms with E-state index < -0.39 is 29.0 Å². The first kappa shape index (κ1) is 18.0. The topological polar surface area (TPSA) is 101 Å². The van der Waals surface area contributed by atoms with E-state index in [1.54, 1.807) is 11.9 Å². The molecule has 0 saturated heterocycles. The summed E-state index contributed by atoms with van der Waals surface area (Å²) in [7, 11) is 1.68. The first-order chi connectivity index (χ1) is 12.3. The van der Waals surface area contributed by atoms with Crippen LogP contribution in [0.5, 0.6) is 0 Å². The number of imide groups is 1. The number of carbonyl (C=O) groups is 3. The third-order valence-corrected chi connectivity index (χ3v) is 5.39. The van der Waals surface area contributed by atoms with E-state index in [-0.39, 0.29) is 23.1 Å². The molecule has 1 aliphatic carbocycles. The van der Waals surface area contributed by atoms with Gasteiger partial charge in [0.1, 0.15) is 12.1 Å². The number of hydrogen-bond donors (Lipinski definition) is 0. The molecule has 3 amide bonds. The first-order valence-electron chi connectivity index (χ1n) is 8.70. The van der Waals surface area contributed by atoms with E-state index in [1.807, 2.05) is 0 Å². The average Bonchev–Trinajstić information content (AvgIpc) is 2.86. The molecule has 8 heteroatoms. The molecule has 0 aromatic heterocycles. The number of hydrogen-bond acceptors (Lipinski definition) is 5. The van der Waals surface area contributed by atoms with Gasteiger partial charge in [0, 0.05) is 19.2 Å². The van der Waals surface area contributed by atoms with Crippen molar-refractivity contribution in [1.82, 2.24) is 9.80 Å². The summed E-state index contributed by atoms with van der Waals surface area (Å²) in [5.41, 5.74) is -0.666. The van der Waals surface area contributed by atoms with Crippen LogP contribution in [-0.4, -0.2) is 52.1 Å². The summed E-state index contributed by atoms with van der Waals surface area (Å²) < 4.78 is 0. The van der Waals surface area contributed by atoms with Gasteiger partial charge in [-0.15, -0.1) is 0 Å². The second kappa shape index (κ2) is 6.86. The van der Waals surface area contributed by atoms with Gasteiger partial charge < -0.3 is 4.90 Å². The molecule has 26 heavy (non-hydrogen) atoms. The van der Waals surface area contributed by atoms with Crippen molar-refractivity contribution in [3.05, 3.63) is 39.4 Å². The fourth-order valence-electron chi connectivity index (χ4n) is 3.69. The van der Waals surface area contributed by atoms with Gasteiger partial charge in [0.15, 0.2) is 0 Å². The van der Waals surface area contributed by atoms with Crippen molar-refractivity contribution in [3.8, 4) is 0 Å². The molecule has 0 radical (unpaired) electrons. The quantitative estimate of drug-likeness (QED) is 0.466. The summed E-state index contributed by atoms with van der Waals surface area (Å²) in [6.07, 6.45) is 3.89.